The average molecular weight is 525 g/mol. The van der Waals surface area contributed by atoms with Crippen molar-refractivity contribution in [1.82, 2.24) is 15.2 Å². The van der Waals surface area contributed by atoms with Crippen LogP contribution in [0.15, 0.2) is 16.5 Å². The standard InChI is InChI=1S/C23H33N4O6PS/c1-13(2)32-20(30)23(5,6)27-34(31,26-22(3,4)12-28)16-11-10-15(33-16)17-19(35-21(24)25-17)18(29)14-8-7-9-14/h10-14H,7-9H2,1-6H3,(H2,24,25)(H2,26,27,31). The van der Waals surface area contributed by atoms with Crippen molar-refractivity contribution in [2.45, 2.75) is 78.0 Å². The lowest BCUT2D eigenvalue weighted by Gasteiger charge is -2.33. The Morgan fingerprint density at radius 1 is 1.26 bits per heavy atom. The van der Waals surface area contributed by atoms with Gasteiger partial charge in [0, 0.05) is 5.92 Å². The monoisotopic (exact) mass is 524 g/mol. The lowest BCUT2D eigenvalue weighted by atomic mass is 9.81. The highest BCUT2D eigenvalue weighted by molar-refractivity contribution is 7.67. The van der Waals surface area contributed by atoms with Gasteiger partial charge < -0.3 is 19.7 Å². The molecule has 3 rings (SSSR count). The van der Waals surface area contributed by atoms with E-state index < -0.39 is 24.5 Å². The number of esters is 1. The van der Waals surface area contributed by atoms with E-state index in [1.165, 1.54) is 19.9 Å². The lowest BCUT2D eigenvalue weighted by Crippen LogP contribution is -2.53. The van der Waals surface area contributed by atoms with Crippen LogP contribution in [0.1, 0.15) is 70.5 Å². The number of ketones is 1. The number of ether oxygens (including phenoxy) is 1. The maximum Gasteiger partial charge on any atom is 0.326 e. The number of furan rings is 1. The molecule has 0 aliphatic heterocycles. The minimum atomic E-state index is -3.91. The number of hydrogen-bond acceptors (Lipinski definition) is 9. The molecule has 0 spiro atoms. The number of rotatable bonds is 11. The first-order chi connectivity index (χ1) is 16.2. The molecular weight excluding hydrogens is 491 g/mol. The Morgan fingerprint density at radius 2 is 1.91 bits per heavy atom. The molecule has 0 radical (unpaired) electrons. The van der Waals surface area contributed by atoms with Crippen LogP contribution >= 0.6 is 18.8 Å². The Hall–Kier alpha value is -2.33. The third kappa shape index (κ3) is 6.09. The van der Waals surface area contributed by atoms with Gasteiger partial charge in [-0.2, -0.15) is 0 Å². The van der Waals surface area contributed by atoms with Crippen molar-refractivity contribution in [1.29, 1.82) is 0 Å². The lowest BCUT2D eigenvalue weighted by molar-refractivity contribution is -0.153. The van der Waals surface area contributed by atoms with E-state index in [2.05, 4.69) is 15.2 Å². The summed E-state index contributed by atoms with van der Waals surface area (Å²) in [5.41, 5.74) is 3.54. The largest absolute Gasteiger partial charge is 0.462 e. The quantitative estimate of drug-likeness (QED) is 0.172. The number of hydrogen-bond donors (Lipinski definition) is 3. The number of aldehydes is 1. The van der Waals surface area contributed by atoms with Crippen molar-refractivity contribution in [2.75, 3.05) is 5.73 Å². The summed E-state index contributed by atoms with van der Waals surface area (Å²) in [4.78, 5) is 41.9. The summed E-state index contributed by atoms with van der Waals surface area (Å²) in [6.45, 7) is 9.58. The molecule has 2 aromatic rings. The first-order valence-corrected chi connectivity index (χ1v) is 14.0. The molecule has 1 fully saturated rings. The molecule has 0 aromatic carbocycles. The van der Waals surface area contributed by atoms with Gasteiger partial charge in [0.1, 0.15) is 22.4 Å². The minimum absolute atomic E-state index is 0.0301. The molecule has 4 N–H and O–H groups in total. The van der Waals surface area contributed by atoms with Crippen LogP contribution in [-0.4, -0.2) is 40.2 Å². The summed E-state index contributed by atoms with van der Waals surface area (Å²) in [5, 5.41) is 5.86. The second-order valence-corrected chi connectivity index (χ2v) is 13.2. The van der Waals surface area contributed by atoms with Crippen LogP contribution in [0.5, 0.6) is 0 Å². The van der Waals surface area contributed by atoms with E-state index in [1.54, 1.807) is 33.8 Å². The summed E-state index contributed by atoms with van der Waals surface area (Å²) < 4.78 is 25.5. The van der Waals surface area contributed by atoms with Gasteiger partial charge >= 0.3 is 5.97 Å². The van der Waals surface area contributed by atoms with E-state index in [4.69, 9.17) is 14.9 Å². The molecule has 1 atom stereocenters. The highest BCUT2D eigenvalue weighted by Gasteiger charge is 2.43. The molecule has 2 heterocycles. The van der Waals surface area contributed by atoms with E-state index in [1.807, 2.05) is 0 Å². The molecular formula is C23H33N4O6PS. The fourth-order valence-corrected chi connectivity index (χ4v) is 6.91. The predicted molar refractivity (Wildman–Crippen MR) is 135 cm³/mol. The number of nitrogens with two attached hydrogens (primary N) is 1. The number of nitrogens with zero attached hydrogens (tertiary/aromatic N) is 1. The summed E-state index contributed by atoms with van der Waals surface area (Å²) in [7, 11) is -3.91. The summed E-state index contributed by atoms with van der Waals surface area (Å²) in [6, 6.07) is 3.01. The molecule has 192 valence electrons. The molecule has 1 aliphatic carbocycles. The van der Waals surface area contributed by atoms with Crippen LogP contribution in [0.25, 0.3) is 11.5 Å². The molecule has 2 aromatic heterocycles. The molecule has 1 aliphatic rings. The van der Waals surface area contributed by atoms with Gasteiger partial charge in [-0.05, 0) is 66.5 Å². The number of nitrogen functional groups attached to an aromatic ring is 1. The normalized spacial score (nSPS) is 16.5. The molecule has 10 nitrogen and oxygen atoms in total. The molecule has 0 saturated heterocycles. The van der Waals surface area contributed by atoms with Crippen LogP contribution in [0.4, 0.5) is 5.13 Å². The van der Waals surface area contributed by atoms with Gasteiger partial charge in [0.15, 0.2) is 22.2 Å². The molecule has 0 amide bonds. The molecule has 1 saturated carbocycles. The van der Waals surface area contributed by atoms with Crippen LogP contribution in [0.2, 0.25) is 0 Å². The number of nitrogens with one attached hydrogen (secondary N) is 2. The van der Waals surface area contributed by atoms with E-state index >= 15 is 0 Å². The minimum Gasteiger partial charge on any atom is -0.462 e. The molecule has 1 unspecified atom stereocenters. The first kappa shape index (κ1) is 27.3. The summed E-state index contributed by atoms with van der Waals surface area (Å²) in [6.07, 6.45) is 2.89. The molecule has 12 heteroatoms. The van der Waals surface area contributed by atoms with Crippen molar-refractivity contribution in [3.05, 3.63) is 17.0 Å². The molecule has 35 heavy (non-hydrogen) atoms. The maximum absolute atomic E-state index is 14.2. The summed E-state index contributed by atoms with van der Waals surface area (Å²) in [5.74, 6) is -0.493. The van der Waals surface area contributed by atoms with E-state index in [0.29, 0.717) is 11.2 Å². The second kappa shape index (κ2) is 9.97. The zero-order valence-electron chi connectivity index (χ0n) is 20.8. The van der Waals surface area contributed by atoms with Crippen molar-refractivity contribution < 1.29 is 28.1 Å². The van der Waals surface area contributed by atoms with Gasteiger partial charge in [-0.3, -0.25) is 14.2 Å². The maximum atomic E-state index is 14.2. The number of Topliss-reactive ketones (excluding diaryl/α,β-unsaturated/α-hetero) is 1. The van der Waals surface area contributed by atoms with Crippen LogP contribution < -0.4 is 21.4 Å². The number of carbonyl (C=O) groups excluding carboxylic acids is 3. The van der Waals surface area contributed by atoms with Gasteiger partial charge in [0.05, 0.1) is 11.6 Å². The Balaban J connectivity index is 2.00. The van der Waals surface area contributed by atoms with Crippen LogP contribution in [0, 0.1) is 5.92 Å². The Bertz CT molecular complexity index is 1160. The fourth-order valence-electron chi connectivity index (χ4n) is 3.52. The average Bonchev–Trinajstić information content (AvgIpc) is 3.32. The SMILES string of the molecule is CC(C)OC(=O)C(C)(C)NP(=O)(NC(C)(C)C=O)c1ccc(-c2nc(N)sc2C(=O)C2CCC2)o1. The smallest absolute Gasteiger partial charge is 0.326 e. The predicted octanol–water partition coefficient (Wildman–Crippen LogP) is 3.67. The number of anilines is 1. The van der Waals surface area contributed by atoms with Gasteiger partial charge in [-0.1, -0.05) is 17.8 Å². The topological polar surface area (TPSA) is 154 Å². The van der Waals surface area contributed by atoms with Crippen molar-refractivity contribution in [3.63, 3.8) is 0 Å². The first-order valence-electron chi connectivity index (χ1n) is 11.4. The van der Waals surface area contributed by atoms with E-state index in [0.717, 1.165) is 30.6 Å². The number of thiazole rings is 1. The number of aromatic nitrogens is 1. The van der Waals surface area contributed by atoms with Gasteiger partial charge in [0.2, 0.25) is 0 Å². The van der Waals surface area contributed by atoms with E-state index in [9.17, 15) is 18.9 Å². The zero-order valence-corrected chi connectivity index (χ0v) is 22.5. The van der Waals surface area contributed by atoms with Gasteiger partial charge in [0.25, 0.3) is 7.44 Å². The van der Waals surface area contributed by atoms with Gasteiger partial charge in [-0.15, -0.1) is 0 Å². The number of carbonyl (C=O) groups is 3. The molecule has 0 bridgehead atoms. The zero-order chi connectivity index (χ0) is 26.2. The Labute approximate surface area is 208 Å². The van der Waals surface area contributed by atoms with Crippen molar-refractivity contribution in [2.24, 2.45) is 5.92 Å². The van der Waals surface area contributed by atoms with Crippen LogP contribution in [0.3, 0.4) is 0 Å². The van der Waals surface area contributed by atoms with Gasteiger partial charge in [-0.25, -0.2) is 15.2 Å². The van der Waals surface area contributed by atoms with Crippen LogP contribution in [-0.2, 0) is 18.9 Å². The third-order valence-corrected chi connectivity index (χ3v) is 9.03. The fraction of sp³-hybridized carbons (Fsp3) is 0.565. The van der Waals surface area contributed by atoms with E-state index in [-0.39, 0.29) is 39.9 Å². The Kier molecular flexibility index (Phi) is 7.76. The highest BCUT2D eigenvalue weighted by atomic mass is 32.1. The van der Waals surface area contributed by atoms with Crippen molar-refractivity contribution in [3.8, 4) is 11.5 Å². The highest BCUT2D eigenvalue weighted by Crippen LogP contribution is 2.43. The summed E-state index contributed by atoms with van der Waals surface area (Å²) >= 11 is 1.09. The Morgan fingerprint density at radius 3 is 2.46 bits per heavy atom. The third-order valence-electron chi connectivity index (χ3n) is 5.51. The van der Waals surface area contributed by atoms with Crippen molar-refractivity contribution >= 4 is 47.5 Å². The second-order valence-electron chi connectivity index (χ2n) is 10.1.